The van der Waals surface area contributed by atoms with Gasteiger partial charge in [-0.3, -0.25) is 9.59 Å². The molecule has 1 aliphatic heterocycles. The molecule has 3 unspecified atom stereocenters. The van der Waals surface area contributed by atoms with Crippen molar-refractivity contribution < 1.29 is 14.3 Å². The second-order valence-electron chi connectivity index (χ2n) is 8.36. The second kappa shape index (κ2) is 7.92. The Morgan fingerprint density at radius 1 is 1.14 bits per heavy atom. The summed E-state index contributed by atoms with van der Waals surface area (Å²) < 4.78 is 5.32. The van der Waals surface area contributed by atoms with Crippen LogP contribution in [0.25, 0.3) is 11.1 Å². The van der Waals surface area contributed by atoms with E-state index < -0.39 is 11.5 Å². The van der Waals surface area contributed by atoms with Gasteiger partial charge in [0.2, 0.25) is 5.91 Å². The van der Waals surface area contributed by atoms with Crippen LogP contribution >= 0.6 is 11.6 Å². The minimum Gasteiger partial charge on any atom is -0.384 e. The lowest BCUT2D eigenvalue weighted by atomic mass is 9.72. The number of ketones is 1. The molecule has 152 valence electrons. The summed E-state index contributed by atoms with van der Waals surface area (Å²) in [5.74, 6) is -0.606. The smallest absolute Gasteiger partial charge is 0.235 e. The quantitative estimate of drug-likeness (QED) is 0.743. The van der Waals surface area contributed by atoms with Crippen LogP contribution in [0.4, 0.5) is 0 Å². The maximum atomic E-state index is 13.5. The molecule has 2 aromatic rings. The standard InChI is InChI=1S/C24H26ClNO3/c1-15-5-6-18(17-7-9-19(25)10-8-17)12-20(15)21-22(27)24(26-23(21)28)11-3-4-16(13-24)14-29-2/h5-10,12,16,21H,3-4,11,13-14H2,1-2H3,(H,26,28). The first-order chi connectivity index (χ1) is 13.9. The van der Waals surface area contributed by atoms with Crippen molar-refractivity contribution >= 4 is 23.3 Å². The molecule has 0 radical (unpaired) electrons. The van der Waals surface area contributed by atoms with Crippen molar-refractivity contribution in [1.29, 1.82) is 0 Å². The Hall–Kier alpha value is -2.17. The van der Waals surface area contributed by atoms with E-state index in [1.807, 2.05) is 49.4 Å². The van der Waals surface area contributed by atoms with Crippen molar-refractivity contribution in [1.82, 2.24) is 5.32 Å². The van der Waals surface area contributed by atoms with Crippen LogP contribution < -0.4 is 5.32 Å². The van der Waals surface area contributed by atoms with E-state index in [1.54, 1.807) is 7.11 Å². The highest BCUT2D eigenvalue weighted by atomic mass is 35.5. The van der Waals surface area contributed by atoms with Crippen molar-refractivity contribution in [3.05, 3.63) is 58.6 Å². The van der Waals surface area contributed by atoms with Gasteiger partial charge in [0.15, 0.2) is 5.78 Å². The number of amides is 1. The monoisotopic (exact) mass is 411 g/mol. The predicted molar refractivity (Wildman–Crippen MR) is 114 cm³/mol. The Morgan fingerprint density at radius 2 is 1.86 bits per heavy atom. The number of Topliss-reactive ketones (excluding diaryl/α,β-unsaturated/α-hetero) is 1. The molecule has 4 nitrogen and oxygen atoms in total. The molecule has 5 heteroatoms. The molecule has 0 aromatic heterocycles. The second-order valence-corrected chi connectivity index (χ2v) is 8.80. The Labute approximate surface area is 176 Å². The van der Waals surface area contributed by atoms with Gasteiger partial charge >= 0.3 is 0 Å². The molecule has 1 saturated carbocycles. The number of aryl methyl sites for hydroxylation is 1. The molecule has 0 bridgehead atoms. The Morgan fingerprint density at radius 3 is 2.59 bits per heavy atom. The topological polar surface area (TPSA) is 55.4 Å². The van der Waals surface area contributed by atoms with Crippen LogP contribution in [0.5, 0.6) is 0 Å². The highest BCUT2D eigenvalue weighted by molar-refractivity contribution is 6.30. The fourth-order valence-corrected chi connectivity index (χ4v) is 5.05. The van der Waals surface area contributed by atoms with E-state index in [9.17, 15) is 9.59 Å². The number of carbonyl (C=O) groups excluding carboxylic acids is 2. The molecule has 1 aliphatic carbocycles. The highest BCUT2D eigenvalue weighted by Gasteiger charge is 2.54. The number of benzene rings is 2. The van der Waals surface area contributed by atoms with E-state index in [2.05, 4.69) is 5.32 Å². The van der Waals surface area contributed by atoms with Crippen LogP contribution in [0, 0.1) is 12.8 Å². The van der Waals surface area contributed by atoms with Crippen LogP contribution in [0.1, 0.15) is 42.7 Å². The molecule has 1 N–H and O–H groups in total. The van der Waals surface area contributed by atoms with Crippen LogP contribution in [0.2, 0.25) is 5.02 Å². The van der Waals surface area contributed by atoms with Gasteiger partial charge in [0.1, 0.15) is 11.5 Å². The van der Waals surface area contributed by atoms with Crippen LogP contribution in [0.15, 0.2) is 42.5 Å². The fourth-order valence-electron chi connectivity index (χ4n) is 4.93. The van der Waals surface area contributed by atoms with E-state index in [4.69, 9.17) is 16.3 Å². The zero-order chi connectivity index (χ0) is 20.6. The molecular weight excluding hydrogens is 386 g/mol. The molecule has 4 rings (SSSR count). The maximum Gasteiger partial charge on any atom is 0.235 e. The average molecular weight is 412 g/mol. The lowest BCUT2D eigenvalue weighted by Crippen LogP contribution is -2.50. The van der Waals surface area contributed by atoms with E-state index in [1.165, 1.54) is 0 Å². The van der Waals surface area contributed by atoms with E-state index in [0.29, 0.717) is 30.4 Å². The molecule has 2 aliphatic rings. The highest BCUT2D eigenvalue weighted by Crippen LogP contribution is 2.42. The first-order valence-electron chi connectivity index (χ1n) is 10.2. The number of hydrogen-bond acceptors (Lipinski definition) is 3. The number of halogens is 1. The lowest BCUT2D eigenvalue weighted by molar-refractivity contribution is -0.126. The third-order valence-electron chi connectivity index (χ3n) is 6.38. The third-order valence-corrected chi connectivity index (χ3v) is 6.63. The van der Waals surface area contributed by atoms with Crippen LogP contribution in [0.3, 0.4) is 0 Å². The molecular formula is C24H26ClNO3. The molecule has 2 fully saturated rings. The van der Waals surface area contributed by atoms with E-state index >= 15 is 0 Å². The number of ether oxygens (including phenoxy) is 1. The number of rotatable bonds is 4. The summed E-state index contributed by atoms with van der Waals surface area (Å²) in [6, 6.07) is 13.6. The van der Waals surface area contributed by atoms with Crippen molar-refractivity contribution in [2.75, 3.05) is 13.7 Å². The van der Waals surface area contributed by atoms with E-state index in [0.717, 1.165) is 35.1 Å². The number of hydrogen-bond donors (Lipinski definition) is 1. The average Bonchev–Trinajstić information content (AvgIpc) is 2.93. The first kappa shape index (κ1) is 20.1. The molecule has 1 saturated heterocycles. The zero-order valence-corrected chi connectivity index (χ0v) is 17.6. The summed E-state index contributed by atoms with van der Waals surface area (Å²) in [4.78, 5) is 26.5. The molecule has 29 heavy (non-hydrogen) atoms. The normalized spacial score (nSPS) is 26.7. The number of carbonyl (C=O) groups is 2. The zero-order valence-electron chi connectivity index (χ0n) is 16.8. The van der Waals surface area contributed by atoms with Crippen molar-refractivity contribution in [3.63, 3.8) is 0 Å². The summed E-state index contributed by atoms with van der Waals surface area (Å²) in [6.45, 7) is 2.59. The Bertz CT molecular complexity index is 938. The largest absolute Gasteiger partial charge is 0.384 e. The van der Waals surface area contributed by atoms with Crippen LogP contribution in [-0.2, 0) is 14.3 Å². The summed E-state index contributed by atoms with van der Waals surface area (Å²) in [7, 11) is 1.69. The third kappa shape index (κ3) is 3.72. The molecule has 2 aromatic carbocycles. The fraction of sp³-hybridized carbons (Fsp3) is 0.417. The summed E-state index contributed by atoms with van der Waals surface area (Å²) in [6.07, 6.45) is 3.34. The Balaban J connectivity index is 1.68. The van der Waals surface area contributed by atoms with Gasteiger partial charge in [-0.2, -0.15) is 0 Å². The van der Waals surface area contributed by atoms with Gasteiger partial charge in [0.25, 0.3) is 0 Å². The van der Waals surface area contributed by atoms with Gasteiger partial charge in [0.05, 0.1) is 0 Å². The summed E-state index contributed by atoms with van der Waals surface area (Å²) >= 11 is 6.01. The van der Waals surface area contributed by atoms with Crippen molar-refractivity contribution in [2.24, 2.45) is 5.92 Å². The van der Waals surface area contributed by atoms with Gasteiger partial charge in [0, 0.05) is 18.7 Å². The minimum absolute atomic E-state index is 0.0136. The molecule has 1 amide bonds. The van der Waals surface area contributed by atoms with Crippen LogP contribution in [-0.4, -0.2) is 30.9 Å². The first-order valence-corrected chi connectivity index (χ1v) is 10.5. The van der Waals surface area contributed by atoms with Gasteiger partial charge < -0.3 is 10.1 Å². The molecule has 3 atom stereocenters. The van der Waals surface area contributed by atoms with Gasteiger partial charge in [-0.05, 0) is 72.6 Å². The molecule has 1 spiro atoms. The lowest BCUT2D eigenvalue weighted by Gasteiger charge is -2.36. The van der Waals surface area contributed by atoms with Crippen molar-refractivity contribution in [2.45, 2.75) is 44.1 Å². The van der Waals surface area contributed by atoms with Gasteiger partial charge in [-0.15, -0.1) is 0 Å². The predicted octanol–water partition coefficient (Wildman–Crippen LogP) is 4.67. The Kier molecular flexibility index (Phi) is 5.50. The SMILES string of the molecule is COCC1CCCC2(C1)NC(=O)C(c1cc(-c3ccc(Cl)cc3)ccc1C)C2=O. The number of methoxy groups -OCH3 is 1. The minimum atomic E-state index is -0.747. The van der Waals surface area contributed by atoms with Gasteiger partial charge in [-0.1, -0.05) is 42.3 Å². The number of nitrogens with one attached hydrogen (secondary N) is 1. The summed E-state index contributed by atoms with van der Waals surface area (Å²) in [5.41, 5.74) is 2.99. The summed E-state index contributed by atoms with van der Waals surface area (Å²) in [5, 5.41) is 3.77. The van der Waals surface area contributed by atoms with Gasteiger partial charge in [-0.25, -0.2) is 0 Å². The van der Waals surface area contributed by atoms with Crippen molar-refractivity contribution in [3.8, 4) is 11.1 Å². The molecule has 1 heterocycles. The maximum absolute atomic E-state index is 13.5. The van der Waals surface area contributed by atoms with E-state index in [-0.39, 0.29) is 11.7 Å².